The molecule has 0 bridgehead atoms. The number of aromatic nitrogens is 3. The molecule has 0 saturated heterocycles. The predicted octanol–water partition coefficient (Wildman–Crippen LogP) is 1.08. The van der Waals surface area contributed by atoms with Crippen LogP contribution in [0.2, 0.25) is 5.02 Å². The Hall–Kier alpha value is -2.34. The second-order valence-electron chi connectivity index (χ2n) is 3.60. The lowest BCUT2D eigenvalue weighted by atomic mass is 10.2. The number of imide groups is 1. The van der Waals surface area contributed by atoms with E-state index in [1.54, 1.807) is 12.1 Å². The van der Waals surface area contributed by atoms with Gasteiger partial charge in [0.2, 0.25) is 0 Å². The van der Waals surface area contributed by atoms with Crippen molar-refractivity contribution >= 4 is 23.4 Å². The van der Waals surface area contributed by atoms with E-state index in [1.165, 1.54) is 12.4 Å². The van der Waals surface area contributed by atoms with Crippen LogP contribution in [0.3, 0.4) is 0 Å². The van der Waals surface area contributed by atoms with Gasteiger partial charge in [-0.05, 0) is 12.1 Å². The Morgan fingerprint density at radius 2 is 1.72 bits per heavy atom. The number of carbonyl (C=O) groups excluding carboxylic acids is 2. The van der Waals surface area contributed by atoms with Crippen molar-refractivity contribution in [1.29, 1.82) is 0 Å². The first-order valence-corrected chi connectivity index (χ1v) is 5.37. The highest BCUT2D eigenvalue weighted by Gasteiger charge is 2.30. The molecule has 18 heavy (non-hydrogen) atoms. The molecule has 0 radical (unpaired) electrons. The lowest BCUT2D eigenvalue weighted by Gasteiger charge is -2.00. The number of hydrogen-bond acceptors (Lipinski definition) is 5. The molecule has 0 spiro atoms. The molecule has 0 atom stereocenters. The van der Waals surface area contributed by atoms with Gasteiger partial charge in [-0.1, -0.05) is 11.6 Å². The summed E-state index contributed by atoms with van der Waals surface area (Å²) < 4.78 is 0. The average Bonchev–Trinajstić information content (AvgIpc) is 2.66. The van der Waals surface area contributed by atoms with Gasteiger partial charge in [-0.2, -0.15) is 0 Å². The molecule has 3 heterocycles. The minimum atomic E-state index is -0.543. The van der Waals surface area contributed by atoms with Crippen molar-refractivity contribution in [2.24, 2.45) is 0 Å². The second-order valence-corrected chi connectivity index (χ2v) is 4.03. The highest BCUT2D eigenvalue weighted by Crippen LogP contribution is 2.19. The highest BCUT2D eigenvalue weighted by atomic mass is 35.5. The van der Waals surface area contributed by atoms with Crippen molar-refractivity contribution in [2.45, 2.75) is 0 Å². The van der Waals surface area contributed by atoms with E-state index in [1.807, 2.05) is 0 Å². The molecular weight excluding hydrogens is 256 g/mol. The van der Waals surface area contributed by atoms with Crippen LogP contribution < -0.4 is 5.32 Å². The van der Waals surface area contributed by atoms with Gasteiger partial charge < -0.3 is 0 Å². The number of carbonyl (C=O) groups is 2. The largest absolute Gasteiger partial charge is 0.285 e. The van der Waals surface area contributed by atoms with Crippen LogP contribution in [0.4, 0.5) is 0 Å². The van der Waals surface area contributed by atoms with E-state index in [0.29, 0.717) is 16.4 Å². The van der Waals surface area contributed by atoms with Crippen LogP contribution in [-0.2, 0) is 0 Å². The normalized spacial score (nSPS) is 13.4. The summed E-state index contributed by atoms with van der Waals surface area (Å²) in [4.78, 5) is 34.8. The summed E-state index contributed by atoms with van der Waals surface area (Å²) in [6.07, 6.45) is 2.87. The number of fused-ring (bicyclic) bond motifs is 1. The molecule has 3 rings (SSSR count). The number of rotatable bonds is 1. The zero-order valence-electron chi connectivity index (χ0n) is 8.85. The molecule has 7 heteroatoms. The smallest absolute Gasteiger partial charge is 0.279 e. The maximum Gasteiger partial charge on any atom is 0.279 e. The molecule has 88 valence electrons. The number of hydrogen-bond donors (Lipinski definition) is 1. The fraction of sp³-hybridized carbons (Fsp3) is 0. The van der Waals surface area contributed by atoms with Gasteiger partial charge in [0.25, 0.3) is 11.8 Å². The van der Waals surface area contributed by atoms with Gasteiger partial charge in [0.1, 0.15) is 5.69 Å². The van der Waals surface area contributed by atoms with Crippen molar-refractivity contribution < 1.29 is 9.59 Å². The fourth-order valence-corrected chi connectivity index (χ4v) is 1.70. The van der Waals surface area contributed by atoms with Crippen molar-refractivity contribution in [3.8, 4) is 11.4 Å². The van der Waals surface area contributed by atoms with E-state index in [9.17, 15) is 9.59 Å². The van der Waals surface area contributed by atoms with Gasteiger partial charge in [0.15, 0.2) is 11.4 Å². The third-order valence-corrected chi connectivity index (χ3v) is 2.64. The minimum absolute atomic E-state index is 0.0225. The van der Waals surface area contributed by atoms with Gasteiger partial charge in [0.05, 0.1) is 16.9 Å². The maximum atomic E-state index is 11.4. The first-order valence-electron chi connectivity index (χ1n) is 5.00. The Morgan fingerprint density at radius 3 is 2.44 bits per heavy atom. The Morgan fingerprint density at radius 1 is 0.944 bits per heavy atom. The second kappa shape index (κ2) is 3.85. The van der Waals surface area contributed by atoms with E-state index in [0.717, 1.165) is 0 Å². The van der Waals surface area contributed by atoms with Crippen molar-refractivity contribution in [1.82, 2.24) is 20.3 Å². The lowest BCUT2D eigenvalue weighted by Crippen LogP contribution is -2.20. The molecule has 2 aromatic rings. The minimum Gasteiger partial charge on any atom is -0.285 e. The molecule has 2 amide bonds. The van der Waals surface area contributed by atoms with Gasteiger partial charge in [-0.25, -0.2) is 9.97 Å². The zero-order chi connectivity index (χ0) is 12.7. The van der Waals surface area contributed by atoms with E-state index < -0.39 is 11.8 Å². The van der Waals surface area contributed by atoms with Crippen LogP contribution in [0, 0.1) is 0 Å². The van der Waals surface area contributed by atoms with E-state index in [4.69, 9.17) is 11.6 Å². The average molecular weight is 261 g/mol. The van der Waals surface area contributed by atoms with Crippen LogP contribution in [-0.4, -0.2) is 26.8 Å². The zero-order valence-corrected chi connectivity index (χ0v) is 9.60. The summed E-state index contributed by atoms with van der Waals surface area (Å²) in [7, 11) is 0. The van der Waals surface area contributed by atoms with Gasteiger partial charge in [-0.15, -0.1) is 0 Å². The molecule has 0 fully saturated rings. The SMILES string of the molecule is O=C1NC(=O)c2nc(-c3ccc(Cl)cn3)cnc21. The first kappa shape index (κ1) is 10.8. The molecule has 0 aromatic carbocycles. The topological polar surface area (TPSA) is 84.8 Å². The number of nitrogens with zero attached hydrogens (tertiary/aromatic N) is 3. The molecule has 1 aliphatic heterocycles. The van der Waals surface area contributed by atoms with Gasteiger partial charge in [-0.3, -0.25) is 19.9 Å². The van der Waals surface area contributed by atoms with Crippen LogP contribution in [0.15, 0.2) is 24.5 Å². The first-order chi connectivity index (χ1) is 8.65. The number of nitrogens with one attached hydrogen (secondary N) is 1. The van der Waals surface area contributed by atoms with E-state index in [2.05, 4.69) is 20.3 Å². The van der Waals surface area contributed by atoms with Crippen molar-refractivity contribution in [3.63, 3.8) is 0 Å². The van der Waals surface area contributed by atoms with Crippen LogP contribution in [0.5, 0.6) is 0 Å². The molecule has 0 aliphatic carbocycles. The number of halogens is 1. The van der Waals surface area contributed by atoms with Crippen molar-refractivity contribution in [3.05, 3.63) is 40.9 Å². The summed E-state index contributed by atoms with van der Waals surface area (Å²) in [5.41, 5.74) is 1.00. The fourth-order valence-electron chi connectivity index (χ4n) is 1.59. The van der Waals surface area contributed by atoms with Gasteiger partial charge >= 0.3 is 0 Å². The molecule has 2 aromatic heterocycles. The number of pyridine rings is 1. The Kier molecular flexibility index (Phi) is 2.31. The molecule has 1 N–H and O–H groups in total. The quantitative estimate of drug-likeness (QED) is 0.776. The summed E-state index contributed by atoms with van der Waals surface area (Å²) in [5, 5.41) is 2.63. The Balaban J connectivity index is 2.11. The van der Waals surface area contributed by atoms with Crippen LogP contribution >= 0.6 is 11.6 Å². The monoisotopic (exact) mass is 260 g/mol. The lowest BCUT2D eigenvalue weighted by molar-refractivity contribution is 0.0876. The van der Waals surface area contributed by atoms with Crippen LogP contribution in [0.1, 0.15) is 21.0 Å². The summed E-state index contributed by atoms with van der Waals surface area (Å²) in [6.45, 7) is 0. The van der Waals surface area contributed by atoms with Crippen LogP contribution in [0.25, 0.3) is 11.4 Å². The molecule has 1 aliphatic rings. The molecular formula is C11H5ClN4O2. The standard InChI is InChI=1S/C11H5ClN4O2/c12-5-1-2-6(13-3-5)7-4-14-8-9(15-7)11(18)16-10(8)17/h1-4H,(H,16,17,18). The Labute approximate surface area is 106 Å². The molecule has 6 nitrogen and oxygen atoms in total. The number of amides is 2. The van der Waals surface area contributed by atoms with E-state index in [-0.39, 0.29) is 11.4 Å². The maximum absolute atomic E-state index is 11.4. The predicted molar refractivity (Wildman–Crippen MR) is 62.1 cm³/mol. The summed E-state index contributed by atoms with van der Waals surface area (Å²) in [6, 6.07) is 3.32. The summed E-state index contributed by atoms with van der Waals surface area (Å²) in [5.74, 6) is -1.07. The molecule has 0 saturated carbocycles. The van der Waals surface area contributed by atoms with Gasteiger partial charge in [0, 0.05) is 6.20 Å². The Bertz CT molecular complexity index is 669. The van der Waals surface area contributed by atoms with Crippen molar-refractivity contribution in [2.75, 3.05) is 0 Å². The molecule has 0 unspecified atom stereocenters. The highest BCUT2D eigenvalue weighted by molar-refractivity contribution is 6.30. The third kappa shape index (κ3) is 1.63. The third-order valence-electron chi connectivity index (χ3n) is 2.42. The van der Waals surface area contributed by atoms with E-state index >= 15 is 0 Å². The summed E-state index contributed by atoms with van der Waals surface area (Å²) >= 11 is 5.73.